The van der Waals surface area contributed by atoms with Gasteiger partial charge in [-0.1, -0.05) is 55.8 Å². The molecule has 0 aliphatic heterocycles. The van der Waals surface area contributed by atoms with E-state index in [4.69, 9.17) is 5.11 Å². The molecule has 1 atom stereocenters. The average Bonchev–Trinajstić information content (AvgIpc) is 2.55. The van der Waals surface area contributed by atoms with E-state index in [1.54, 1.807) is 12.1 Å². The maximum absolute atomic E-state index is 10.8. The van der Waals surface area contributed by atoms with E-state index in [-0.39, 0.29) is 0 Å². The van der Waals surface area contributed by atoms with Crippen molar-refractivity contribution in [3.63, 3.8) is 0 Å². The molecule has 116 valence electrons. The molecule has 0 spiro atoms. The van der Waals surface area contributed by atoms with Crippen LogP contribution in [0, 0.1) is 0 Å². The van der Waals surface area contributed by atoms with E-state index >= 15 is 0 Å². The Bertz CT molecular complexity index is 578. The first-order chi connectivity index (χ1) is 10.7. The fourth-order valence-electron chi connectivity index (χ4n) is 2.62. The zero-order valence-corrected chi connectivity index (χ0v) is 13.0. The summed E-state index contributed by atoms with van der Waals surface area (Å²) in [6.07, 6.45) is 2.32. The summed E-state index contributed by atoms with van der Waals surface area (Å²) in [6, 6.07) is 17.6. The zero-order valence-electron chi connectivity index (χ0n) is 13.0. The van der Waals surface area contributed by atoms with Gasteiger partial charge >= 0.3 is 5.97 Å². The number of rotatable bonds is 8. The third kappa shape index (κ3) is 4.71. The van der Waals surface area contributed by atoms with E-state index in [1.807, 2.05) is 18.2 Å². The lowest BCUT2D eigenvalue weighted by Gasteiger charge is -2.17. The number of nitrogens with one attached hydrogen (secondary N) is 1. The third-order valence-corrected chi connectivity index (χ3v) is 3.83. The van der Waals surface area contributed by atoms with Gasteiger partial charge in [0, 0.05) is 13.1 Å². The highest BCUT2D eigenvalue weighted by atomic mass is 16.4. The smallest absolute Gasteiger partial charge is 0.335 e. The minimum atomic E-state index is -0.883. The molecule has 3 heteroatoms. The molecule has 0 bridgehead atoms. The van der Waals surface area contributed by atoms with Crippen molar-refractivity contribution in [2.24, 2.45) is 0 Å². The Morgan fingerprint density at radius 2 is 1.77 bits per heavy atom. The van der Waals surface area contributed by atoms with E-state index in [0.717, 1.165) is 31.5 Å². The highest BCUT2D eigenvalue weighted by molar-refractivity contribution is 5.87. The first-order valence-corrected chi connectivity index (χ1v) is 7.78. The largest absolute Gasteiger partial charge is 0.478 e. The van der Waals surface area contributed by atoms with Crippen molar-refractivity contribution in [1.82, 2.24) is 5.32 Å². The lowest BCUT2D eigenvalue weighted by molar-refractivity contribution is 0.0697. The zero-order chi connectivity index (χ0) is 15.8. The van der Waals surface area contributed by atoms with Crippen LogP contribution >= 0.6 is 0 Å². The molecule has 0 radical (unpaired) electrons. The summed E-state index contributed by atoms with van der Waals surface area (Å²) in [6.45, 7) is 3.89. The SMILES string of the molecule is CCCC(CNCc1ccc(C(=O)O)cc1)c1ccccc1. The van der Waals surface area contributed by atoms with Crippen LogP contribution in [0.5, 0.6) is 0 Å². The summed E-state index contributed by atoms with van der Waals surface area (Å²) < 4.78 is 0. The Kier molecular flexibility index (Phi) is 6.16. The van der Waals surface area contributed by atoms with E-state index in [9.17, 15) is 4.79 Å². The molecule has 0 aliphatic rings. The topological polar surface area (TPSA) is 49.3 Å². The summed E-state index contributed by atoms with van der Waals surface area (Å²) in [5.41, 5.74) is 2.81. The summed E-state index contributed by atoms with van der Waals surface area (Å²) >= 11 is 0. The number of benzene rings is 2. The second-order valence-corrected chi connectivity index (χ2v) is 5.53. The monoisotopic (exact) mass is 297 g/mol. The normalized spacial score (nSPS) is 12.0. The van der Waals surface area contributed by atoms with Gasteiger partial charge in [0.1, 0.15) is 0 Å². The quantitative estimate of drug-likeness (QED) is 0.772. The molecule has 0 aromatic heterocycles. The van der Waals surface area contributed by atoms with Crippen LogP contribution in [0.2, 0.25) is 0 Å². The van der Waals surface area contributed by atoms with Gasteiger partial charge in [0.2, 0.25) is 0 Å². The molecular formula is C19H23NO2. The molecule has 2 rings (SSSR count). The fourth-order valence-corrected chi connectivity index (χ4v) is 2.62. The first kappa shape index (κ1) is 16.2. The molecule has 0 saturated carbocycles. The fraction of sp³-hybridized carbons (Fsp3) is 0.316. The van der Waals surface area contributed by atoms with Crippen molar-refractivity contribution in [3.05, 3.63) is 71.3 Å². The lowest BCUT2D eigenvalue weighted by atomic mass is 9.94. The van der Waals surface area contributed by atoms with Gasteiger partial charge in [-0.15, -0.1) is 0 Å². The maximum atomic E-state index is 10.8. The Morgan fingerprint density at radius 3 is 2.36 bits per heavy atom. The molecular weight excluding hydrogens is 274 g/mol. The Labute approximate surface area is 132 Å². The van der Waals surface area contributed by atoms with Crippen LogP contribution in [0.3, 0.4) is 0 Å². The van der Waals surface area contributed by atoms with Crippen LogP contribution in [-0.2, 0) is 6.54 Å². The Hall–Kier alpha value is -2.13. The number of aromatic carboxylic acids is 1. The Balaban J connectivity index is 1.89. The summed E-state index contributed by atoms with van der Waals surface area (Å²) in [5.74, 6) is -0.365. The van der Waals surface area contributed by atoms with E-state index in [0.29, 0.717) is 11.5 Å². The second kappa shape index (κ2) is 8.35. The van der Waals surface area contributed by atoms with Crippen molar-refractivity contribution in [2.75, 3.05) is 6.54 Å². The van der Waals surface area contributed by atoms with Crippen LogP contribution in [0.15, 0.2) is 54.6 Å². The first-order valence-electron chi connectivity index (χ1n) is 7.78. The third-order valence-electron chi connectivity index (χ3n) is 3.83. The molecule has 0 amide bonds. The van der Waals surface area contributed by atoms with Crippen LogP contribution in [0.1, 0.15) is 47.2 Å². The molecule has 2 aromatic rings. The summed E-state index contributed by atoms with van der Waals surface area (Å²) in [5, 5.41) is 12.4. The number of carbonyl (C=O) groups is 1. The average molecular weight is 297 g/mol. The molecule has 0 saturated heterocycles. The predicted octanol–water partition coefficient (Wildman–Crippen LogP) is 4.06. The van der Waals surface area contributed by atoms with Gasteiger partial charge in [-0.25, -0.2) is 4.79 Å². The van der Waals surface area contributed by atoms with E-state index in [1.165, 1.54) is 5.56 Å². The molecule has 3 nitrogen and oxygen atoms in total. The number of hydrogen-bond acceptors (Lipinski definition) is 2. The van der Waals surface area contributed by atoms with Crippen LogP contribution in [-0.4, -0.2) is 17.6 Å². The van der Waals surface area contributed by atoms with Crippen molar-refractivity contribution < 1.29 is 9.90 Å². The van der Waals surface area contributed by atoms with Crippen molar-refractivity contribution in [3.8, 4) is 0 Å². The maximum Gasteiger partial charge on any atom is 0.335 e. The van der Waals surface area contributed by atoms with Gasteiger partial charge < -0.3 is 10.4 Å². The van der Waals surface area contributed by atoms with Gasteiger partial charge in [-0.2, -0.15) is 0 Å². The molecule has 22 heavy (non-hydrogen) atoms. The minimum absolute atomic E-state index is 0.330. The summed E-state index contributed by atoms with van der Waals surface area (Å²) in [7, 11) is 0. The molecule has 2 N–H and O–H groups in total. The standard InChI is InChI=1S/C19H23NO2/c1-2-6-18(16-7-4-3-5-8-16)14-20-13-15-9-11-17(12-10-15)19(21)22/h3-5,7-12,18,20H,2,6,13-14H2,1H3,(H,21,22). The van der Waals surface area contributed by atoms with Crippen LogP contribution < -0.4 is 5.32 Å². The van der Waals surface area contributed by atoms with Gasteiger partial charge in [0.15, 0.2) is 0 Å². The van der Waals surface area contributed by atoms with Crippen molar-refractivity contribution in [1.29, 1.82) is 0 Å². The lowest BCUT2D eigenvalue weighted by Crippen LogP contribution is -2.21. The Morgan fingerprint density at radius 1 is 1.09 bits per heavy atom. The van der Waals surface area contributed by atoms with Crippen LogP contribution in [0.25, 0.3) is 0 Å². The van der Waals surface area contributed by atoms with E-state index in [2.05, 4.69) is 36.5 Å². The van der Waals surface area contributed by atoms with Gasteiger partial charge in [-0.3, -0.25) is 0 Å². The molecule has 2 aromatic carbocycles. The molecule has 1 unspecified atom stereocenters. The summed E-state index contributed by atoms with van der Waals surface area (Å²) in [4.78, 5) is 10.8. The van der Waals surface area contributed by atoms with E-state index < -0.39 is 5.97 Å². The predicted molar refractivity (Wildman–Crippen MR) is 89.2 cm³/mol. The van der Waals surface area contributed by atoms with Crippen molar-refractivity contribution in [2.45, 2.75) is 32.2 Å². The molecule has 0 heterocycles. The number of hydrogen-bond donors (Lipinski definition) is 2. The number of carboxylic acid groups (broad SMARTS) is 1. The van der Waals surface area contributed by atoms with Gasteiger partial charge in [0.05, 0.1) is 5.56 Å². The van der Waals surface area contributed by atoms with Crippen LogP contribution in [0.4, 0.5) is 0 Å². The second-order valence-electron chi connectivity index (χ2n) is 5.53. The van der Waals surface area contributed by atoms with Crippen molar-refractivity contribution >= 4 is 5.97 Å². The van der Waals surface area contributed by atoms with Gasteiger partial charge in [-0.05, 0) is 35.6 Å². The van der Waals surface area contributed by atoms with Gasteiger partial charge in [0.25, 0.3) is 0 Å². The molecule has 0 aliphatic carbocycles. The highest BCUT2D eigenvalue weighted by Gasteiger charge is 2.09. The number of carboxylic acids is 1. The molecule has 0 fully saturated rings. The highest BCUT2D eigenvalue weighted by Crippen LogP contribution is 2.20. The minimum Gasteiger partial charge on any atom is -0.478 e.